The molecule has 12 heteroatoms. The van der Waals surface area contributed by atoms with Crippen molar-refractivity contribution in [1.82, 2.24) is 15.0 Å². The fourth-order valence-electron chi connectivity index (χ4n) is 1.64. The van der Waals surface area contributed by atoms with Crippen LogP contribution in [0.1, 0.15) is 0 Å². The van der Waals surface area contributed by atoms with Crippen molar-refractivity contribution in [3.63, 3.8) is 0 Å². The Morgan fingerprint density at radius 3 is 2.36 bits per heavy atom. The number of hydrogen-bond acceptors (Lipinski definition) is 8. The predicted octanol–water partition coefficient (Wildman–Crippen LogP) is 1.03. The van der Waals surface area contributed by atoms with E-state index in [0.29, 0.717) is 5.69 Å². The summed E-state index contributed by atoms with van der Waals surface area (Å²) in [6, 6.07) is 5.18. The molecule has 0 aliphatic carbocycles. The lowest BCUT2D eigenvalue weighted by Crippen LogP contribution is -2.99. The van der Waals surface area contributed by atoms with Crippen molar-refractivity contribution in [1.29, 1.82) is 0 Å². The normalized spacial score (nSPS) is 12.6. The molecule has 2 aromatic rings. The Morgan fingerprint density at radius 1 is 1.20 bits per heavy atom. The molecule has 0 spiro atoms. The average Bonchev–Trinajstić information content (AvgIpc) is 2.52. The molecule has 0 aliphatic rings. The number of nitrogens with one attached hydrogen (secondary N) is 2. The molecule has 1 heterocycles. The molecule has 1 aromatic heterocycles. The van der Waals surface area contributed by atoms with Gasteiger partial charge in [0.2, 0.25) is 11.9 Å². The maximum Gasteiger partial charge on any atom is 0.422 e. The second-order valence-electron chi connectivity index (χ2n) is 5.05. The van der Waals surface area contributed by atoms with Crippen LogP contribution in [0.2, 0.25) is 0 Å². The number of quaternary nitrogens is 1. The molecular weight excluding hydrogens is 345 g/mol. The first-order valence-corrected chi connectivity index (χ1v) is 6.87. The highest BCUT2D eigenvalue weighted by molar-refractivity contribution is 5.56. The maximum absolute atomic E-state index is 12.3. The molecule has 0 aliphatic heterocycles. The fraction of sp³-hybridized carbons (Fsp3) is 0.308. The van der Waals surface area contributed by atoms with Crippen molar-refractivity contribution in [2.45, 2.75) is 6.18 Å². The minimum atomic E-state index is -4.52. The van der Waals surface area contributed by atoms with Crippen LogP contribution in [-0.4, -0.2) is 47.0 Å². The van der Waals surface area contributed by atoms with Gasteiger partial charge in [-0.15, -0.1) is 0 Å². The van der Waals surface area contributed by atoms with Crippen molar-refractivity contribution < 1.29 is 28.3 Å². The van der Waals surface area contributed by atoms with Gasteiger partial charge in [-0.05, 0) is 12.1 Å². The van der Waals surface area contributed by atoms with Gasteiger partial charge in [0.15, 0.2) is 12.3 Å². The second-order valence-corrected chi connectivity index (χ2v) is 5.05. The molecule has 1 unspecified atom stereocenters. The third kappa shape index (κ3) is 5.70. The molecule has 3 N–H and O–H groups in total. The molecule has 0 saturated carbocycles. The van der Waals surface area contributed by atoms with Crippen molar-refractivity contribution in [2.24, 2.45) is 0 Å². The van der Waals surface area contributed by atoms with Crippen molar-refractivity contribution in [2.75, 3.05) is 30.9 Å². The topological polar surface area (TPSA) is 111 Å². The Hall–Kier alpha value is -2.70. The van der Waals surface area contributed by atoms with Gasteiger partial charge in [0.25, 0.3) is 0 Å². The SMILES string of the molecule is CN(C)c1nc(Nc2ccc([NH+]([O-])O)cc2)nc(OCC(F)(F)F)n1. The van der Waals surface area contributed by atoms with Crippen LogP contribution < -0.4 is 20.2 Å². The minimum Gasteiger partial charge on any atom is -0.595 e. The number of nitrogens with zero attached hydrogens (tertiary/aromatic N) is 4. The minimum absolute atomic E-state index is 0.0426. The summed E-state index contributed by atoms with van der Waals surface area (Å²) in [6.07, 6.45) is -4.52. The lowest BCUT2D eigenvalue weighted by Gasteiger charge is -2.15. The lowest BCUT2D eigenvalue weighted by molar-refractivity contribution is -0.991. The molecule has 0 fully saturated rings. The van der Waals surface area contributed by atoms with Crippen molar-refractivity contribution >= 4 is 23.3 Å². The first-order chi connectivity index (χ1) is 11.6. The summed E-state index contributed by atoms with van der Waals surface area (Å²) < 4.78 is 41.4. The Balaban J connectivity index is 2.22. The van der Waals surface area contributed by atoms with Crippen LogP contribution in [-0.2, 0) is 0 Å². The quantitative estimate of drug-likeness (QED) is 0.655. The van der Waals surface area contributed by atoms with Crippen LogP contribution in [0.4, 0.5) is 36.4 Å². The summed E-state index contributed by atoms with van der Waals surface area (Å²) in [4.78, 5) is 13.1. The molecule has 0 amide bonds. The smallest absolute Gasteiger partial charge is 0.422 e. The fourth-order valence-corrected chi connectivity index (χ4v) is 1.64. The number of anilines is 3. The standard InChI is InChI=1S/C13H15F3N6O3/c1-21(2)11-18-10(19-12(20-11)25-7-13(14,15)16)17-8-3-5-9(6-4-8)22(23)24/h3-6,22-23H,7H2,1-2H3,(H,17,18,19,20). The molecule has 1 atom stereocenters. The van der Waals surface area contributed by atoms with Gasteiger partial charge in [-0.1, -0.05) is 0 Å². The van der Waals surface area contributed by atoms with Gasteiger partial charge in [0.05, 0.1) is 0 Å². The summed E-state index contributed by atoms with van der Waals surface area (Å²) in [5.74, 6) is 0.0516. The summed E-state index contributed by atoms with van der Waals surface area (Å²) in [5.41, 5.74) is 0.534. The van der Waals surface area contributed by atoms with Crippen LogP contribution in [0.25, 0.3) is 0 Å². The molecule has 9 nitrogen and oxygen atoms in total. The van der Waals surface area contributed by atoms with E-state index in [4.69, 9.17) is 5.21 Å². The Kier molecular flexibility index (Phi) is 5.56. The van der Waals surface area contributed by atoms with Gasteiger partial charge < -0.3 is 20.2 Å². The summed E-state index contributed by atoms with van der Waals surface area (Å²) in [7, 11) is 3.21. The third-order valence-corrected chi connectivity index (χ3v) is 2.76. The van der Waals surface area contributed by atoms with Gasteiger partial charge in [-0.25, -0.2) is 5.21 Å². The maximum atomic E-state index is 12.3. The Bertz CT molecular complexity index is 709. The summed E-state index contributed by atoms with van der Waals surface area (Å²) >= 11 is 0. The van der Waals surface area contributed by atoms with E-state index in [2.05, 4.69) is 25.0 Å². The number of ether oxygens (including phenoxy) is 1. The van der Waals surface area contributed by atoms with Gasteiger partial charge in [-0.3, -0.25) is 0 Å². The Labute approximate surface area is 140 Å². The van der Waals surface area contributed by atoms with Gasteiger partial charge >= 0.3 is 12.2 Å². The van der Waals surface area contributed by atoms with E-state index in [1.807, 2.05) is 0 Å². The highest BCUT2D eigenvalue weighted by Crippen LogP contribution is 2.20. The zero-order valence-corrected chi connectivity index (χ0v) is 13.2. The number of alkyl halides is 3. The number of benzene rings is 1. The van der Waals surface area contributed by atoms with Crippen LogP contribution in [0.3, 0.4) is 0 Å². The molecule has 136 valence electrons. The largest absolute Gasteiger partial charge is 0.595 e. The van der Waals surface area contributed by atoms with E-state index in [-0.39, 0.29) is 17.6 Å². The number of hydrogen-bond donors (Lipinski definition) is 3. The van der Waals surface area contributed by atoms with E-state index < -0.39 is 24.0 Å². The number of halogens is 3. The number of aromatic nitrogens is 3. The first kappa shape index (κ1) is 18.6. The summed E-state index contributed by atoms with van der Waals surface area (Å²) in [6.45, 7) is -1.53. The van der Waals surface area contributed by atoms with Gasteiger partial charge in [0.1, 0.15) is 0 Å². The zero-order chi connectivity index (χ0) is 18.6. The van der Waals surface area contributed by atoms with Crippen LogP contribution in [0.5, 0.6) is 6.01 Å². The molecule has 25 heavy (non-hydrogen) atoms. The lowest BCUT2D eigenvalue weighted by atomic mass is 10.3. The summed E-state index contributed by atoms with van der Waals surface area (Å²) in [5, 5.41) is 21.4. The van der Waals surface area contributed by atoms with Crippen molar-refractivity contribution in [3.05, 3.63) is 29.5 Å². The van der Waals surface area contributed by atoms with Gasteiger partial charge in [0, 0.05) is 31.9 Å². The van der Waals surface area contributed by atoms with E-state index in [1.165, 1.54) is 29.2 Å². The van der Waals surface area contributed by atoms with E-state index >= 15 is 0 Å². The molecule has 0 bridgehead atoms. The number of rotatable bonds is 6. The zero-order valence-electron chi connectivity index (χ0n) is 13.2. The van der Waals surface area contributed by atoms with E-state index in [9.17, 15) is 18.4 Å². The highest BCUT2D eigenvalue weighted by atomic mass is 19.4. The van der Waals surface area contributed by atoms with Gasteiger partial charge in [-0.2, -0.15) is 33.3 Å². The molecule has 0 radical (unpaired) electrons. The highest BCUT2D eigenvalue weighted by Gasteiger charge is 2.29. The molecule has 0 saturated heterocycles. The van der Waals surface area contributed by atoms with Crippen LogP contribution >= 0.6 is 0 Å². The molecular formula is C13H15F3N6O3. The second kappa shape index (κ2) is 7.46. The van der Waals surface area contributed by atoms with Crippen LogP contribution in [0.15, 0.2) is 24.3 Å². The first-order valence-electron chi connectivity index (χ1n) is 6.87. The molecule has 2 rings (SSSR count). The molecule has 1 aromatic carbocycles. The third-order valence-electron chi connectivity index (χ3n) is 2.76. The van der Waals surface area contributed by atoms with E-state index in [0.717, 1.165) is 0 Å². The predicted molar refractivity (Wildman–Crippen MR) is 81.2 cm³/mol. The van der Waals surface area contributed by atoms with E-state index in [1.54, 1.807) is 14.1 Å². The van der Waals surface area contributed by atoms with Crippen LogP contribution in [0, 0.1) is 5.21 Å². The monoisotopic (exact) mass is 360 g/mol. The Morgan fingerprint density at radius 2 is 1.84 bits per heavy atom. The van der Waals surface area contributed by atoms with Crippen molar-refractivity contribution in [3.8, 4) is 6.01 Å². The average molecular weight is 360 g/mol.